The van der Waals surface area contributed by atoms with E-state index < -0.39 is 17.9 Å². The molecule has 1 aromatic carbocycles. The van der Waals surface area contributed by atoms with Gasteiger partial charge in [-0.3, -0.25) is 4.79 Å². The summed E-state index contributed by atoms with van der Waals surface area (Å²) in [5.74, 6) is -1.22. The van der Waals surface area contributed by atoms with Gasteiger partial charge in [0.2, 0.25) is 0 Å². The maximum absolute atomic E-state index is 11.9. The summed E-state index contributed by atoms with van der Waals surface area (Å²) >= 11 is 0. The van der Waals surface area contributed by atoms with E-state index in [1.165, 1.54) is 18.2 Å². The number of hydrogen-bond acceptors (Lipinski definition) is 3. The fourth-order valence-corrected chi connectivity index (χ4v) is 1.73. The fraction of sp³-hybridized carbons (Fsp3) is 0.429. The molecule has 104 valence electrons. The third kappa shape index (κ3) is 4.28. The highest BCUT2D eigenvalue weighted by Crippen LogP contribution is 2.17. The van der Waals surface area contributed by atoms with E-state index in [9.17, 15) is 14.7 Å². The Labute approximate surface area is 112 Å². The van der Waals surface area contributed by atoms with E-state index in [0.29, 0.717) is 17.5 Å². The number of phenols is 1. The number of carboxylic acids is 1. The summed E-state index contributed by atoms with van der Waals surface area (Å²) in [6, 6.07) is 3.51. The zero-order chi connectivity index (χ0) is 14.6. The summed E-state index contributed by atoms with van der Waals surface area (Å²) in [5.41, 5.74) is 0.911. The minimum atomic E-state index is -1.04. The standard InChI is InChI=1S/C14H19NO4/c1-8(2)6-11(14(18)19)15-13(17)10-4-5-12(16)9(3)7-10/h4-5,7-8,11,16H,6H2,1-3H3,(H,15,17)(H,18,19)/t11-/m1/s1. The molecular weight excluding hydrogens is 246 g/mol. The van der Waals surface area contributed by atoms with Crippen LogP contribution in [0.15, 0.2) is 18.2 Å². The monoisotopic (exact) mass is 265 g/mol. The maximum Gasteiger partial charge on any atom is 0.326 e. The van der Waals surface area contributed by atoms with Crippen LogP contribution in [0.4, 0.5) is 0 Å². The molecule has 5 nitrogen and oxygen atoms in total. The lowest BCUT2D eigenvalue weighted by atomic mass is 10.0. The first kappa shape index (κ1) is 15.0. The fourth-order valence-electron chi connectivity index (χ4n) is 1.73. The first-order valence-electron chi connectivity index (χ1n) is 6.14. The van der Waals surface area contributed by atoms with Gasteiger partial charge in [-0.05, 0) is 43.0 Å². The smallest absolute Gasteiger partial charge is 0.326 e. The summed E-state index contributed by atoms with van der Waals surface area (Å²) in [6.45, 7) is 5.47. The Kier molecular flexibility index (Phi) is 4.92. The van der Waals surface area contributed by atoms with Crippen molar-refractivity contribution in [3.63, 3.8) is 0 Å². The predicted octanol–water partition coefficient (Wildman–Crippen LogP) is 1.93. The highest BCUT2D eigenvalue weighted by molar-refractivity contribution is 5.96. The molecule has 0 saturated heterocycles. The highest BCUT2D eigenvalue weighted by atomic mass is 16.4. The molecule has 0 bridgehead atoms. The molecule has 1 rings (SSSR count). The molecule has 0 spiro atoms. The number of hydrogen-bond donors (Lipinski definition) is 3. The van der Waals surface area contributed by atoms with Crippen LogP contribution in [0.3, 0.4) is 0 Å². The largest absolute Gasteiger partial charge is 0.508 e. The van der Waals surface area contributed by atoms with Gasteiger partial charge in [-0.2, -0.15) is 0 Å². The Morgan fingerprint density at radius 1 is 1.32 bits per heavy atom. The molecule has 5 heteroatoms. The van der Waals surface area contributed by atoms with Crippen molar-refractivity contribution in [2.24, 2.45) is 5.92 Å². The number of aromatic hydroxyl groups is 1. The van der Waals surface area contributed by atoms with Gasteiger partial charge in [-0.25, -0.2) is 4.79 Å². The number of phenolic OH excluding ortho intramolecular Hbond substituents is 1. The minimum absolute atomic E-state index is 0.105. The molecule has 0 unspecified atom stereocenters. The lowest BCUT2D eigenvalue weighted by molar-refractivity contribution is -0.139. The molecule has 0 aliphatic carbocycles. The van der Waals surface area contributed by atoms with Crippen LogP contribution >= 0.6 is 0 Å². The first-order valence-corrected chi connectivity index (χ1v) is 6.14. The van der Waals surface area contributed by atoms with Gasteiger partial charge < -0.3 is 15.5 Å². The van der Waals surface area contributed by atoms with Crippen LogP contribution in [0.1, 0.15) is 36.2 Å². The molecule has 0 aliphatic heterocycles. The topological polar surface area (TPSA) is 86.6 Å². The zero-order valence-corrected chi connectivity index (χ0v) is 11.3. The first-order chi connectivity index (χ1) is 8.81. The number of carbonyl (C=O) groups excluding carboxylic acids is 1. The van der Waals surface area contributed by atoms with Gasteiger partial charge in [0.1, 0.15) is 11.8 Å². The van der Waals surface area contributed by atoms with Crippen LogP contribution < -0.4 is 5.32 Å². The van der Waals surface area contributed by atoms with Gasteiger partial charge in [0.05, 0.1) is 0 Å². The van der Waals surface area contributed by atoms with Crippen molar-refractivity contribution in [3.8, 4) is 5.75 Å². The third-order valence-electron chi connectivity index (χ3n) is 2.77. The zero-order valence-electron chi connectivity index (χ0n) is 11.3. The normalized spacial score (nSPS) is 12.2. The van der Waals surface area contributed by atoms with Gasteiger partial charge in [-0.15, -0.1) is 0 Å². The van der Waals surface area contributed by atoms with E-state index in [1.807, 2.05) is 13.8 Å². The van der Waals surface area contributed by atoms with E-state index in [-0.39, 0.29) is 11.7 Å². The van der Waals surface area contributed by atoms with Crippen molar-refractivity contribution < 1.29 is 19.8 Å². The van der Waals surface area contributed by atoms with Crippen molar-refractivity contribution in [1.29, 1.82) is 0 Å². The van der Waals surface area contributed by atoms with Gasteiger partial charge in [0, 0.05) is 5.56 Å². The Bertz CT molecular complexity index is 482. The van der Waals surface area contributed by atoms with E-state index in [2.05, 4.69) is 5.32 Å². The Balaban J connectivity index is 2.81. The van der Waals surface area contributed by atoms with E-state index in [0.717, 1.165) is 0 Å². The van der Waals surface area contributed by atoms with Crippen LogP contribution in [0.25, 0.3) is 0 Å². The predicted molar refractivity (Wildman–Crippen MR) is 71.2 cm³/mol. The van der Waals surface area contributed by atoms with Crippen LogP contribution in [0, 0.1) is 12.8 Å². The Hall–Kier alpha value is -2.04. The number of benzene rings is 1. The summed E-state index contributed by atoms with van der Waals surface area (Å²) in [6.07, 6.45) is 0.373. The second-order valence-corrected chi connectivity index (χ2v) is 5.00. The highest BCUT2D eigenvalue weighted by Gasteiger charge is 2.21. The SMILES string of the molecule is Cc1cc(C(=O)N[C@H](CC(C)C)C(=O)O)ccc1O. The van der Waals surface area contributed by atoms with Gasteiger partial charge in [-0.1, -0.05) is 13.8 Å². The van der Waals surface area contributed by atoms with Crippen molar-refractivity contribution in [3.05, 3.63) is 29.3 Å². The molecule has 0 fully saturated rings. The molecule has 1 amide bonds. The average Bonchev–Trinajstić information content (AvgIpc) is 2.31. The number of rotatable bonds is 5. The Morgan fingerprint density at radius 2 is 1.95 bits per heavy atom. The van der Waals surface area contributed by atoms with Crippen molar-refractivity contribution in [1.82, 2.24) is 5.32 Å². The van der Waals surface area contributed by atoms with Gasteiger partial charge in [0.15, 0.2) is 0 Å². The van der Waals surface area contributed by atoms with E-state index >= 15 is 0 Å². The molecule has 0 saturated carbocycles. The van der Waals surface area contributed by atoms with E-state index in [4.69, 9.17) is 5.11 Å². The summed E-state index contributed by atoms with van der Waals surface area (Å²) in [4.78, 5) is 23.0. The molecule has 1 atom stereocenters. The van der Waals surface area contributed by atoms with Crippen LogP contribution in [0.5, 0.6) is 5.75 Å². The van der Waals surface area contributed by atoms with Crippen molar-refractivity contribution in [2.45, 2.75) is 33.2 Å². The number of amides is 1. The number of nitrogens with one attached hydrogen (secondary N) is 1. The van der Waals surface area contributed by atoms with Crippen LogP contribution in [0.2, 0.25) is 0 Å². The van der Waals surface area contributed by atoms with Crippen molar-refractivity contribution >= 4 is 11.9 Å². The van der Waals surface area contributed by atoms with Gasteiger partial charge >= 0.3 is 5.97 Å². The lowest BCUT2D eigenvalue weighted by Gasteiger charge is -2.16. The molecule has 0 aliphatic rings. The second-order valence-electron chi connectivity index (χ2n) is 5.00. The molecule has 19 heavy (non-hydrogen) atoms. The molecule has 3 N–H and O–H groups in total. The van der Waals surface area contributed by atoms with Crippen LogP contribution in [-0.4, -0.2) is 28.1 Å². The quantitative estimate of drug-likeness (QED) is 0.759. The van der Waals surface area contributed by atoms with E-state index in [1.54, 1.807) is 6.92 Å². The minimum Gasteiger partial charge on any atom is -0.508 e. The maximum atomic E-state index is 11.9. The Morgan fingerprint density at radius 3 is 2.42 bits per heavy atom. The average molecular weight is 265 g/mol. The molecule has 0 radical (unpaired) electrons. The van der Waals surface area contributed by atoms with Gasteiger partial charge in [0.25, 0.3) is 5.91 Å². The van der Waals surface area contributed by atoms with Crippen LogP contribution in [-0.2, 0) is 4.79 Å². The third-order valence-corrected chi connectivity index (χ3v) is 2.77. The number of carbonyl (C=O) groups is 2. The van der Waals surface area contributed by atoms with Crippen molar-refractivity contribution in [2.75, 3.05) is 0 Å². The second kappa shape index (κ2) is 6.22. The summed E-state index contributed by atoms with van der Waals surface area (Å²) in [7, 11) is 0. The summed E-state index contributed by atoms with van der Waals surface area (Å²) < 4.78 is 0. The molecule has 0 heterocycles. The lowest BCUT2D eigenvalue weighted by Crippen LogP contribution is -2.41. The number of aliphatic carboxylic acids is 1. The number of carboxylic acid groups (broad SMARTS) is 1. The number of aryl methyl sites for hydroxylation is 1. The summed E-state index contributed by atoms with van der Waals surface area (Å²) in [5, 5.41) is 20.9. The molecule has 0 aromatic heterocycles. The molecule has 1 aromatic rings. The molecular formula is C14H19NO4.